The minimum atomic E-state index is 0.0513. The molecule has 1 amide bonds. The molecule has 0 atom stereocenters. The van der Waals surface area contributed by atoms with Crippen molar-refractivity contribution in [2.45, 2.75) is 39.5 Å². The topological polar surface area (TPSA) is 42.0 Å². The van der Waals surface area contributed by atoms with Gasteiger partial charge in [0.25, 0.3) is 5.91 Å². The highest BCUT2D eigenvalue weighted by Crippen LogP contribution is 2.31. The number of aryl methyl sites for hydroxylation is 2. The number of nitrogens with zero attached hydrogens (tertiary/aromatic N) is 1. The molecular weight excluding hydrogens is 220 g/mol. The summed E-state index contributed by atoms with van der Waals surface area (Å²) in [6, 6.07) is 0. The molecule has 1 aromatic rings. The van der Waals surface area contributed by atoms with E-state index in [0.29, 0.717) is 0 Å². The Hall–Kier alpha value is -0.900. The minimum absolute atomic E-state index is 0.0513. The highest BCUT2D eigenvalue weighted by Gasteiger charge is 2.21. The number of carbonyl (C=O) groups excluding carboxylic acids is 1. The van der Waals surface area contributed by atoms with Crippen molar-refractivity contribution < 1.29 is 4.79 Å². The first-order valence-electron chi connectivity index (χ1n) is 5.95. The van der Waals surface area contributed by atoms with Gasteiger partial charge in [-0.25, -0.2) is 4.98 Å². The summed E-state index contributed by atoms with van der Waals surface area (Å²) in [5.74, 6) is 0.921. The first-order valence-corrected chi connectivity index (χ1v) is 6.77. The summed E-state index contributed by atoms with van der Waals surface area (Å²) in [4.78, 5) is 17.0. The molecule has 0 saturated heterocycles. The first kappa shape index (κ1) is 11.6. The fraction of sp³-hybridized carbons (Fsp3) is 0.667. The minimum Gasteiger partial charge on any atom is -0.351 e. The summed E-state index contributed by atoms with van der Waals surface area (Å²) in [5.41, 5.74) is 0.866. The standard InChI is InChI=1S/C12H18N2OS/c1-3-10-14-8(2)11(16-10)12(15)13-7-6-9-4-5-9/h9H,3-7H2,1-2H3,(H,13,15). The number of thiazole rings is 1. The van der Waals surface area contributed by atoms with Gasteiger partial charge < -0.3 is 5.32 Å². The average molecular weight is 238 g/mol. The number of amides is 1. The van der Waals surface area contributed by atoms with Crippen LogP contribution in [0.2, 0.25) is 0 Å². The predicted octanol–water partition coefficient (Wildman–Crippen LogP) is 2.54. The van der Waals surface area contributed by atoms with Crippen molar-refractivity contribution in [1.82, 2.24) is 10.3 Å². The van der Waals surface area contributed by atoms with Gasteiger partial charge in [0, 0.05) is 6.54 Å². The lowest BCUT2D eigenvalue weighted by molar-refractivity contribution is 0.0956. The highest BCUT2D eigenvalue weighted by molar-refractivity contribution is 7.13. The third-order valence-electron chi connectivity index (χ3n) is 2.88. The number of carbonyl (C=O) groups is 1. The van der Waals surface area contributed by atoms with Crippen LogP contribution in [0.25, 0.3) is 0 Å². The predicted molar refractivity (Wildman–Crippen MR) is 65.9 cm³/mol. The van der Waals surface area contributed by atoms with Gasteiger partial charge in [0.1, 0.15) is 4.88 Å². The molecule has 0 bridgehead atoms. The van der Waals surface area contributed by atoms with Gasteiger partial charge >= 0.3 is 0 Å². The van der Waals surface area contributed by atoms with Crippen molar-refractivity contribution in [3.63, 3.8) is 0 Å². The summed E-state index contributed by atoms with van der Waals surface area (Å²) >= 11 is 1.52. The Bertz CT molecular complexity index is 382. The average Bonchev–Trinajstić information content (AvgIpc) is 3.00. The van der Waals surface area contributed by atoms with Crippen LogP contribution in [-0.4, -0.2) is 17.4 Å². The van der Waals surface area contributed by atoms with E-state index in [1.54, 1.807) is 0 Å². The van der Waals surface area contributed by atoms with Gasteiger partial charge in [-0.2, -0.15) is 0 Å². The number of rotatable bonds is 5. The van der Waals surface area contributed by atoms with Crippen LogP contribution in [0.15, 0.2) is 0 Å². The summed E-state index contributed by atoms with van der Waals surface area (Å²) in [6.07, 6.45) is 4.72. The summed E-state index contributed by atoms with van der Waals surface area (Å²) in [7, 11) is 0. The molecule has 1 aliphatic rings. The molecule has 2 rings (SSSR count). The number of hydrogen-bond donors (Lipinski definition) is 1. The zero-order valence-corrected chi connectivity index (χ0v) is 10.7. The number of nitrogens with one attached hydrogen (secondary N) is 1. The molecule has 4 heteroatoms. The van der Waals surface area contributed by atoms with Crippen molar-refractivity contribution in [1.29, 1.82) is 0 Å². The zero-order valence-electron chi connectivity index (χ0n) is 9.88. The van der Waals surface area contributed by atoms with E-state index in [1.807, 2.05) is 6.92 Å². The van der Waals surface area contributed by atoms with E-state index in [4.69, 9.17) is 0 Å². The van der Waals surface area contributed by atoms with E-state index in [-0.39, 0.29) is 5.91 Å². The van der Waals surface area contributed by atoms with Crippen molar-refractivity contribution in [3.05, 3.63) is 15.6 Å². The largest absolute Gasteiger partial charge is 0.351 e. The third-order valence-corrected chi connectivity index (χ3v) is 4.19. The molecule has 1 aromatic heterocycles. The van der Waals surface area contributed by atoms with E-state index in [2.05, 4.69) is 17.2 Å². The molecule has 16 heavy (non-hydrogen) atoms. The fourth-order valence-electron chi connectivity index (χ4n) is 1.69. The zero-order chi connectivity index (χ0) is 11.5. The Morgan fingerprint density at radius 1 is 1.56 bits per heavy atom. The Balaban J connectivity index is 1.88. The molecule has 0 unspecified atom stereocenters. The Morgan fingerprint density at radius 3 is 2.88 bits per heavy atom. The van der Waals surface area contributed by atoms with E-state index in [9.17, 15) is 4.79 Å². The van der Waals surface area contributed by atoms with E-state index >= 15 is 0 Å². The van der Waals surface area contributed by atoms with Crippen molar-refractivity contribution in [3.8, 4) is 0 Å². The molecule has 1 N–H and O–H groups in total. The van der Waals surface area contributed by atoms with Crippen LogP contribution in [0.4, 0.5) is 0 Å². The Kier molecular flexibility index (Phi) is 3.59. The SMILES string of the molecule is CCc1nc(C)c(C(=O)NCCC2CC2)s1. The Labute approximate surface area is 100 Å². The molecule has 88 valence electrons. The van der Waals surface area contributed by atoms with E-state index in [0.717, 1.165) is 40.9 Å². The molecule has 3 nitrogen and oxygen atoms in total. The quantitative estimate of drug-likeness (QED) is 0.856. The van der Waals surface area contributed by atoms with Crippen LogP contribution in [-0.2, 0) is 6.42 Å². The van der Waals surface area contributed by atoms with E-state index < -0.39 is 0 Å². The van der Waals surface area contributed by atoms with Gasteiger partial charge in [0.05, 0.1) is 10.7 Å². The molecular formula is C12H18N2OS. The monoisotopic (exact) mass is 238 g/mol. The summed E-state index contributed by atoms with van der Waals surface area (Å²) in [5, 5.41) is 4.03. The highest BCUT2D eigenvalue weighted by atomic mass is 32.1. The maximum atomic E-state index is 11.9. The smallest absolute Gasteiger partial charge is 0.263 e. The van der Waals surface area contributed by atoms with Gasteiger partial charge in [0.15, 0.2) is 0 Å². The van der Waals surface area contributed by atoms with Gasteiger partial charge in [-0.1, -0.05) is 19.8 Å². The lowest BCUT2D eigenvalue weighted by atomic mass is 10.3. The summed E-state index contributed by atoms with van der Waals surface area (Å²) in [6.45, 7) is 4.78. The summed E-state index contributed by atoms with van der Waals surface area (Å²) < 4.78 is 0. The maximum Gasteiger partial charge on any atom is 0.263 e. The first-order chi connectivity index (χ1) is 7.70. The second-order valence-electron chi connectivity index (χ2n) is 4.36. The number of hydrogen-bond acceptors (Lipinski definition) is 3. The lowest BCUT2D eigenvalue weighted by Gasteiger charge is -2.02. The molecule has 0 aromatic carbocycles. The van der Waals surface area contributed by atoms with Crippen LogP contribution in [0.5, 0.6) is 0 Å². The van der Waals surface area contributed by atoms with Gasteiger partial charge in [0.2, 0.25) is 0 Å². The second-order valence-corrected chi connectivity index (χ2v) is 5.45. The van der Waals surface area contributed by atoms with Crippen LogP contribution in [0.1, 0.15) is 46.6 Å². The molecule has 1 heterocycles. The molecule has 0 radical (unpaired) electrons. The molecule has 0 spiro atoms. The van der Waals surface area contributed by atoms with Gasteiger partial charge in [-0.05, 0) is 25.7 Å². The van der Waals surface area contributed by atoms with E-state index in [1.165, 1.54) is 24.2 Å². The van der Waals surface area contributed by atoms with Crippen LogP contribution in [0.3, 0.4) is 0 Å². The molecule has 0 aliphatic heterocycles. The third kappa shape index (κ3) is 2.82. The van der Waals surface area contributed by atoms with Crippen molar-refractivity contribution in [2.24, 2.45) is 5.92 Å². The second kappa shape index (κ2) is 4.95. The van der Waals surface area contributed by atoms with Crippen molar-refractivity contribution in [2.75, 3.05) is 6.54 Å². The van der Waals surface area contributed by atoms with Crippen LogP contribution < -0.4 is 5.32 Å². The maximum absolute atomic E-state index is 11.9. The molecule has 1 fully saturated rings. The molecule has 1 aliphatic carbocycles. The van der Waals surface area contributed by atoms with Crippen molar-refractivity contribution >= 4 is 17.2 Å². The number of aromatic nitrogens is 1. The van der Waals surface area contributed by atoms with Gasteiger partial charge in [-0.15, -0.1) is 11.3 Å². The fourth-order valence-corrected chi connectivity index (χ4v) is 2.61. The Morgan fingerprint density at radius 2 is 2.31 bits per heavy atom. The normalized spacial score (nSPS) is 15.1. The lowest BCUT2D eigenvalue weighted by Crippen LogP contribution is -2.24. The van der Waals surface area contributed by atoms with Crippen LogP contribution >= 0.6 is 11.3 Å². The van der Waals surface area contributed by atoms with Crippen LogP contribution in [0, 0.1) is 12.8 Å². The van der Waals surface area contributed by atoms with Gasteiger partial charge in [-0.3, -0.25) is 4.79 Å². The molecule has 1 saturated carbocycles.